The van der Waals surface area contributed by atoms with Crippen molar-refractivity contribution >= 4 is 0 Å². The first-order valence-corrected chi connectivity index (χ1v) is 6.07. The molecule has 0 saturated carbocycles. The molecule has 1 atom stereocenters. The number of hydrogen-bond acceptors (Lipinski definition) is 1. The molecule has 1 aliphatic carbocycles. The van der Waals surface area contributed by atoms with Gasteiger partial charge in [0.25, 0.3) is 0 Å². The first-order chi connectivity index (χ1) is 7.47. The van der Waals surface area contributed by atoms with Crippen LogP contribution in [-0.4, -0.2) is 10.7 Å². The first kappa shape index (κ1) is 13.2. The van der Waals surface area contributed by atoms with Gasteiger partial charge in [0.2, 0.25) is 0 Å². The lowest BCUT2D eigenvalue weighted by atomic mass is 9.63. The Balaban J connectivity index is 2.93. The summed E-state index contributed by atoms with van der Waals surface area (Å²) >= 11 is 0. The van der Waals surface area contributed by atoms with Crippen molar-refractivity contribution in [2.24, 2.45) is 5.41 Å². The molecule has 0 spiro atoms. The van der Waals surface area contributed by atoms with Crippen LogP contribution in [0.3, 0.4) is 0 Å². The lowest BCUT2D eigenvalue weighted by molar-refractivity contribution is -0.0771. The Kier molecular flexibility index (Phi) is 4.15. The van der Waals surface area contributed by atoms with Crippen LogP contribution in [0.1, 0.15) is 46.0 Å². The molecule has 0 aromatic heterocycles. The first-order valence-electron chi connectivity index (χ1n) is 6.07. The van der Waals surface area contributed by atoms with Crippen molar-refractivity contribution in [3.8, 4) is 0 Å². The molecule has 90 valence electrons. The predicted molar refractivity (Wildman–Crippen MR) is 70.3 cm³/mol. The Morgan fingerprint density at radius 1 is 1.44 bits per heavy atom. The van der Waals surface area contributed by atoms with Gasteiger partial charge in [-0.05, 0) is 39.0 Å². The van der Waals surface area contributed by atoms with Crippen LogP contribution in [0.4, 0.5) is 0 Å². The molecule has 0 fully saturated rings. The molecule has 16 heavy (non-hydrogen) atoms. The summed E-state index contributed by atoms with van der Waals surface area (Å²) in [6.45, 7) is 11.9. The lowest BCUT2D eigenvalue weighted by Gasteiger charge is -2.46. The lowest BCUT2D eigenvalue weighted by Crippen LogP contribution is -2.46. The van der Waals surface area contributed by atoms with E-state index >= 15 is 0 Å². The number of allylic oxidation sites excluding steroid dienone is 2. The van der Waals surface area contributed by atoms with Crippen molar-refractivity contribution in [3.63, 3.8) is 0 Å². The van der Waals surface area contributed by atoms with Gasteiger partial charge in [-0.15, -0.1) is 13.2 Å². The zero-order chi connectivity index (χ0) is 12.2. The molecule has 1 unspecified atom stereocenters. The molecule has 1 nitrogen and oxygen atoms in total. The van der Waals surface area contributed by atoms with E-state index in [-0.39, 0.29) is 5.41 Å². The molecular weight excluding hydrogens is 196 g/mol. The second-order valence-electron chi connectivity index (χ2n) is 5.33. The summed E-state index contributed by atoms with van der Waals surface area (Å²) in [6, 6.07) is 0. The van der Waals surface area contributed by atoms with Crippen molar-refractivity contribution in [2.75, 3.05) is 0 Å². The summed E-state index contributed by atoms with van der Waals surface area (Å²) in [4.78, 5) is 0. The Labute approximate surface area is 99.6 Å². The van der Waals surface area contributed by atoms with E-state index in [4.69, 9.17) is 0 Å². The smallest absolute Gasteiger partial charge is 0.0772 e. The molecule has 1 heteroatoms. The fourth-order valence-electron chi connectivity index (χ4n) is 2.55. The molecule has 0 aromatic carbocycles. The average molecular weight is 220 g/mol. The normalized spacial score (nSPS) is 26.1. The Morgan fingerprint density at radius 3 is 2.38 bits per heavy atom. The van der Waals surface area contributed by atoms with Crippen molar-refractivity contribution < 1.29 is 5.11 Å². The molecule has 1 N–H and O–H groups in total. The monoisotopic (exact) mass is 220 g/mol. The van der Waals surface area contributed by atoms with Gasteiger partial charge in [-0.1, -0.05) is 30.7 Å². The third-order valence-electron chi connectivity index (χ3n) is 4.06. The van der Waals surface area contributed by atoms with Crippen LogP contribution in [0.2, 0.25) is 0 Å². The van der Waals surface area contributed by atoms with Crippen LogP contribution in [0.15, 0.2) is 37.0 Å². The molecule has 0 radical (unpaired) electrons. The zero-order valence-electron chi connectivity index (χ0n) is 10.6. The number of aliphatic hydroxyl groups is 1. The second-order valence-corrected chi connectivity index (χ2v) is 5.33. The molecule has 0 heterocycles. The van der Waals surface area contributed by atoms with Crippen LogP contribution in [-0.2, 0) is 0 Å². The highest BCUT2D eigenvalue weighted by Crippen LogP contribution is 2.47. The SMILES string of the molecule is C=CCC(O)(CC=C)C1(C)CC=C(C)CC1. The van der Waals surface area contributed by atoms with Gasteiger partial charge in [0.15, 0.2) is 0 Å². The minimum Gasteiger partial charge on any atom is -0.389 e. The summed E-state index contributed by atoms with van der Waals surface area (Å²) in [6.07, 6.45) is 10.3. The molecule has 0 saturated heterocycles. The summed E-state index contributed by atoms with van der Waals surface area (Å²) < 4.78 is 0. The molecular formula is C15H24O. The fourth-order valence-corrected chi connectivity index (χ4v) is 2.55. The minimum atomic E-state index is -0.687. The maximum absolute atomic E-state index is 10.8. The van der Waals surface area contributed by atoms with E-state index in [1.807, 2.05) is 12.2 Å². The zero-order valence-corrected chi connectivity index (χ0v) is 10.6. The second kappa shape index (κ2) is 5.01. The molecule has 0 aliphatic heterocycles. The largest absolute Gasteiger partial charge is 0.389 e. The maximum atomic E-state index is 10.8. The van der Waals surface area contributed by atoms with E-state index in [1.165, 1.54) is 5.57 Å². The van der Waals surface area contributed by atoms with Crippen LogP contribution in [0, 0.1) is 5.41 Å². The van der Waals surface area contributed by atoms with E-state index in [9.17, 15) is 5.11 Å². The van der Waals surface area contributed by atoms with Gasteiger partial charge in [0.05, 0.1) is 5.60 Å². The number of hydrogen-bond donors (Lipinski definition) is 1. The van der Waals surface area contributed by atoms with E-state index in [1.54, 1.807) is 0 Å². The van der Waals surface area contributed by atoms with Crippen LogP contribution < -0.4 is 0 Å². The molecule has 1 rings (SSSR count). The van der Waals surface area contributed by atoms with Crippen LogP contribution in [0.25, 0.3) is 0 Å². The summed E-state index contributed by atoms with van der Waals surface area (Å²) in [5.41, 5.74) is 0.708. The summed E-state index contributed by atoms with van der Waals surface area (Å²) in [5.74, 6) is 0. The van der Waals surface area contributed by atoms with Gasteiger partial charge >= 0.3 is 0 Å². The van der Waals surface area contributed by atoms with Crippen molar-refractivity contribution in [1.29, 1.82) is 0 Å². The van der Waals surface area contributed by atoms with E-state index in [0.717, 1.165) is 19.3 Å². The highest BCUT2D eigenvalue weighted by Gasteiger charge is 2.44. The third-order valence-corrected chi connectivity index (χ3v) is 4.06. The fraction of sp³-hybridized carbons (Fsp3) is 0.600. The van der Waals surface area contributed by atoms with Gasteiger partial charge in [0.1, 0.15) is 0 Å². The van der Waals surface area contributed by atoms with Gasteiger partial charge in [-0.3, -0.25) is 0 Å². The van der Waals surface area contributed by atoms with Crippen LogP contribution >= 0.6 is 0 Å². The van der Waals surface area contributed by atoms with Crippen molar-refractivity contribution in [2.45, 2.75) is 51.6 Å². The predicted octanol–water partition coefficient (Wildman–Crippen LogP) is 4.01. The van der Waals surface area contributed by atoms with Crippen LogP contribution in [0.5, 0.6) is 0 Å². The molecule has 1 aliphatic rings. The van der Waals surface area contributed by atoms with Gasteiger partial charge in [-0.2, -0.15) is 0 Å². The van der Waals surface area contributed by atoms with Gasteiger partial charge in [0, 0.05) is 5.41 Å². The Hall–Kier alpha value is -0.820. The highest BCUT2D eigenvalue weighted by atomic mass is 16.3. The molecule has 0 aromatic rings. The molecule has 0 amide bonds. The van der Waals surface area contributed by atoms with E-state index < -0.39 is 5.60 Å². The number of rotatable bonds is 5. The van der Waals surface area contributed by atoms with Crippen molar-refractivity contribution in [3.05, 3.63) is 37.0 Å². The van der Waals surface area contributed by atoms with E-state index in [0.29, 0.717) is 12.8 Å². The van der Waals surface area contributed by atoms with E-state index in [2.05, 4.69) is 33.1 Å². The quantitative estimate of drug-likeness (QED) is 0.694. The van der Waals surface area contributed by atoms with Crippen molar-refractivity contribution in [1.82, 2.24) is 0 Å². The summed E-state index contributed by atoms with van der Waals surface area (Å²) in [7, 11) is 0. The topological polar surface area (TPSA) is 20.2 Å². The Morgan fingerprint density at radius 2 is 2.00 bits per heavy atom. The third kappa shape index (κ3) is 2.46. The highest BCUT2D eigenvalue weighted by molar-refractivity contribution is 5.13. The summed E-state index contributed by atoms with van der Waals surface area (Å²) in [5, 5.41) is 10.8. The standard InChI is InChI=1S/C15H24O/c1-5-9-15(16,10-6-2)14(4)11-7-13(3)8-12-14/h5-7,16H,1-2,8-12H2,3-4H3. The van der Waals surface area contributed by atoms with Gasteiger partial charge in [-0.25, -0.2) is 0 Å². The van der Waals surface area contributed by atoms with Gasteiger partial charge < -0.3 is 5.11 Å². The maximum Gasteiger partial charge on any atom is 0.0772 e. The average Bonchev–Trinajstić information content (AvgIpc) is 2.23. The minimum absolute atomic E-state index is 0.0467. The molecule has 0 bridgehead atoms. The Bertz CT molecular complexity index is 291.